The van der Waals surface area contributed by atoms with E-state index in [1.165, 1.54) is 17.8 Å². The van der Waals surface area contributed by atoms with Crippen LogP contribution in [0, 0.1) is 0 Å². The van der Waals surface area contributed by atoms with E-state index in [0.717, 1.165) is 0 Å². The summed E-state index contributed by atoms with van der Waals surface area (Å²) in [7, 11) is 0. The summed E-state index contributed by atoms with van der Waals surface area (Å²) < 4.78 is 15.9. The molecule has 14 atom stereocenters. The number of ether oxygens (including phenoxy) is 3. The molecule has 5 rings (SSSR count). The predicted octanol–water partition coefficient (Wildman–Crippen LogP) is -8.10. The smallest absolute Gasteiger partial charge is 0.280 e. The van der Waals surface area contributed by atoms with Crippen LogP contribution in [0.5, 0.6) is 0 Å². The molecule has 15 N–H and O–H groups in total. The topological polar surface area (TPSA) is 360 Å². The van der Waals surface area contributed by atoms with Crippen LogP contribution in [0.2, 0.25) is 0 Å². The minimum absolute atomic E-state index is 0.0388. The summed E-state index contributed by atoms with van der Waals surface area (Å²) in [6.45, 7) is 0.530. The normalized spacial score (nSPS) is 41.2. The Labute approximate surface area is 241 Å². The van der Waals surface area contributed by atoms with Crippen molar-refractivity contribution in [1.82, 2.24) is 19.5 Å². The fourth-order valence-corrected chi connectivity index (χ4v) is 4.35. The van der Waals surface area contributed by atoms with Crippen LogP contribution < -0.4 is 11.3 Å². The van der Waals surface area contributed by atoms with Gasteiger partial charge in [-0.15, -0.1) is 0 Å². The third kappa shape index (κ3) is 7.44. The highest BCUT2D eigenvalue weighted by Gasteiger charge is 2.44. The quantitative estimate of drug-likeness (QED) is 0.150. The molecule has 0 aromatic carbocycles. The first-order valence-electron chi connectivity index (χ1n) is 12.9. The number of hydrogen-bond acceptors (Lipinski definition) is 19. The highest BCUT2D eigenvalue weighted by molar-refractivity contribution is 5.70. The maximum Gasteiger partial charge on any atom is 0.280 e. The van der Waals surface area contributed by atoms with Gasteiger partial charge >= 0.3 is 0 Å². The number of rotatable bonds is 3. The number of aliphatic hydroxyl groups excluding tert-OH is 12. The Bertz CT molecular complexity index is 1220. The van der Waals surface area contributed by atoms with Crippen LogP contribution in [0.25, 0.3) is 11.2 Å². The molecule has 5 heterocycles. The molecule has 3 aliphatic rings. The standard InChI is InChI=1S/C10H13N5O5.C6H12O6.C6H12O5/c11-10-13-7-4(8(19)14-10)12-2-15(7)9-6(18)5(17)3(1-16)20-9;7-1-2-3(8)4(9)5(10)6(11)12-2;1-2-3(7)4(8)5(9)6(10)11-2/h2-3,5-6,9,16-18H,1H2,(H3,11,13,14,19);2-11H,1H2;2-10H,1H3/t3-,5+,6?,9-;2-,3-,4+,5+,6?;2-,3+,4+,5-,6?/m110/s1. The molecule has 21 nitrogen and oxygen atoms in total. The first-order valence-corrected chi connectivity index (χ1v) is 12.9. The van der Waals surface area contributed by atoms with Crippen molar-refractivity contribution in [3.05, 3.63) is 16.7 Å². The maximum atomic E-state index is 11.7. The van der Waals surface area contributed by atoms with Crippen LogP contribution in [-0.2, 0) is 14.2 Å². The molecule has 43 heavy (non-hydrogen) atoms. The molecule has 0 radical (unpaired) electrons. The average molecular weight is 628 g/mol. The zero-order valence-electron chi connectivity index (χ0n) is 22.5. The highest BCUT2D eigenvalue weighted by atomic mass is 16.6. The lowest BCUT2D eigenvalue weighted by molar-refractivity contribution is -0.286. The molecular weight excluding hydrogens is 590 g/mol. The number of aromatic amines is 1. The number of nitrogens with one attached hydrogen (secondary N) is 1. The molecule has 0 aliphatic carbocycles. The Morgan fingerprint density at radius 3 is 1.84 bits per heavy atom. The van der Waals surface area contributed by atoms with Crippen LogP contribution in [0.4, 0.5) is 5.95 Å². The Hall–Kier alpha value is -2.45. The lowest BCUT2D eigenvalue weighted by Crippen LogP contribution is -2.58. The summed E-state index contributed by atoms with van der Waals surface area (Å²) in [5.41, 5.74) is 5.12. The molecular formula is C22H37N5O16. The summed E-state index contributed by atoms with van der Waals surface area (Å²) in [6, 6.07) is 0. The van der Waals surface area contributed by atoms with Crippen molar-refractivity contribution in [2.45, 2.75) is 92.9 Å². The van der Waals surface area contributed by atoms with Gasteiger partial charge in [-0.25, -0.2) is 4.98 Å². The van der Waals surface area contributed by atoms with Gasteiger partial charge in [0.05, 0.1) is 25.6 Å². The van der Waals surface area contributed by atoms with E-state index in [-0.39, 0.29) is 17.1 Å². The van der Waals surface area contributed by atoms with Gasteiger partial charge in [-0.2, -0.15) is 4.98 Å². The van der Waals surface area contributed by atoms with Gasteiger partial charge in [-0.05, 0) is 6.92 Å². The summed E-state index contributed by atoms with van der Waals surface area (Å²) in [4.78, 5) is 21.8. The van der Waals surface area contributed by atoms with Gasteiger partial charge in [0.25, 0.3) is 5.56 Å². The van der Waals surface area contributed by atoms with Gasteiger partial charge in [0.2, 0.25) is 5.95 Å². The average Bonchev–Trinajstić information content (AvgIpc) is 3.52. The summed E-state index contributed by atoms with van der Waals surface area (Å²) in [5, 5.41) is 109. The first kappa shape index (κ1) is 35.0. The van der Waals surface area contributed by atoms with Crippen LogP contribution >= 0.6 is 0 Å². The Morgan fingerprint density at radius 2 is 1.28 bits per heavy atom. The van der Waals surface area contributed by atoms with Crippen molar-refractivity contribution in [3.8, 4) is 0 Å². The molecule has 0 spiro atoms. The second-order valence-electron chi connectivity index (χ2n) is 9.93. The molecule has 246 valence electrons. The number of H-pyrrole nitrogens is 1. The second kappa shape index (κ2) is 14.6. The van der Waals surface area contributed by atoms with Gasteiger partial charge in [-0.1, -0.05) is 0 Å². The van der Waals surface area contributed by atoms with Crippen LogP contribution in [0.1, 0.15) is 13.2 Å². The number of hydrogen-bond donors (Lipinski definition) is 14. The number of fused-ring (bicyclic) bond motifs is 1. The van der Waals surface area contributed by atoms with Gasteiger partial charge in [0.1, 0.15) is 61.0 Å². The van der Waals surface area contributed by atoms with Gasteiger partial charge in [-0.3, -0.25) is 14.3 Å². The van der Waals surface area contributed by atoms with Crippen LogP contribution in [0.3, 0.4) is 0 Å². The number of aliphatic hydroxyl groups is 12. The van der Waals surface area contributed by atoms with Crippen molar-refractivity contribution >= 4 is 17.1 Å². The second-order valence-corrected chi connectivity index (χ2v) is 9.93. The van der Waals surface area contributed by atoms with Gasteiger partial charge in [0.15, 0.2) is 30.0 Å². The van der Waals surface area contributed by atoms with Crippen molar-refractivity contribution < 1.29 is 75.5 Å². The minimum atomic E-state index is -1.57. The molecule has 2 aromatic rings. The summed E-state index contributed by atoms with van der Waals surface area (Å²) >= 11 is 0. The first-order chi connectivity index (χ1) is 20.1. The third-order valence-corrected chi connectivity index (χ3v) is 6.94. The molecule has 3 fully saturated rings. The molecule has 3 unspecified atom stereocenters. The molecule has 3 aliphatic heterocycles. The number of nitrogen functional groups attached to an aromatic ring is 1. The van der Waals surface area contributed by atoms with Gasteiger partial charge in [0, 0.05) is 0 Å². The van der Waals surface area contributed by atoms with Crippen LogP contribution in [0.15, 0.2) is 11.1 Å². The van der Waals surface area contributed by atoms with E-state index in [2.05, 4.69) is 24.4 Å². The van der Waals surface area contributed by atoms with E-state index in [0.29, 0.717) is 0 Å². The molecule has 0 bridgehead atoms. The van der Waals surface area contributed by atoms with E-state index in [4.69, 9.17) is 61.5 Å². The van der Waals surface area contributed by atoms with Crippen molar-refractivity contribution in [1.29, 1.82) is 0 Å². The van der Waals surface area contributed by atoms with E-state index in [9.17, 15) is 15.0 Å². The summed E-state index contributed by atoms with van der Waals surface area (Å²) in [6.07, 6.45) is -16.2. The Balaban J connectivity index is 0.000000190. The van der Waals surface area contributed by atoms with E-state index in [1.54, 1.807) is 0 Å². The number of nitrogens with zero attached hydrogens (tertiary/aromatic N) is 3. The fourth-order valence-electron chi connectivity index (χ4n) is 4.35. The van der Waals surface area contributed by atoms with Crippen molar-refractivity contribution in [2.75, 3.05) is 18.9 Å². The SMILES string of the molecule is C[C@@H]1OC(O)[C@@H](O)[C@H](O)[C@@H]1O.Nc1nc2c(ncn2[C@@H]2O[C@H](CO)[C@H](O)C2O)c(=O)[nH]1.OC[C@H]1OC(O)[C@@H](O)[C@@H](O)[C@@H]1O. The predicted molar refractivity (Wildman–Crippen MR) is 136 cm³/mol. The molecule has 2 aromatic heterocycles. The lowest BCUT2D eigenvalue weighted by Gasteiger charge is -2.37. The third-order valence-electron chi connectivity index (χ3n) is 6.94. The number of anilines is 1. The van der Waals surface area contributed by atoms with E-state index >= 15 is 0 Å². The number of aromatic nitrogens is 4. The Kier molecular flexibility index (Phi) is 11.9. The van der Waals surface area contributed by atoms with Crippen LogP contribution in [-0.4, -0.2) is 174 Å². The molecule has 3 saturated heterocycles. The van der Waals surface area contributed by atoms with Crippen molar-refractivity contribution in [3.63, 3.8) is 0 Å². The Morgan fingerprint density at radius 1 is 0.767 bits per heavy atom. The molecule has 21 heteroatoms. The molecule has 0 amide bonds. The van der Waals surface area contributed by atoms with E-state index in [1.807, 2.05) is 0 Å². The monoisotopic (exact) mass is 627 g/mol. The lowest BCUT2D eigenvalue weighted by atomic mass is 10.00. The number of nitrogens with two attached hydrogens (primary N) is 1. The minimum Gasteiger partial charge on any atom is -0.394 e. The summed E-state index contributed by atoms with van der Waals surface area (Å²) in [5.74, 6) is -0.101. The largest absolute Gasteiger partial charge is 0.394 e. The maximum absolute atomic E-state index is 11.7. The van der Waals surface area contributed by atoms with Crippen molar-refractivity contribution in [2.24, 2.45) is 0 Å². The number of imidazole rings is 1. The van der Waals surface area contributed by atoms with E-state index < -0.39 is 105 Å². The highest BCUT2D eigenvalue weighted by Crippen LogP contribution is 2.30. The zero-order valence-corrected chi connectivity index (χ0v) is 22.5. The van der Waals surface area contributed by atoms with Gasteiger partial charge < -0.3 is 81.2 Å². The fraction of sp³-hybridized carbons (Fsp3) is 0.773. The zero-order chi connectivity index (χ0) is 32.3. The molecule has 0 saturated carbocycles.